The van der Waals surface area contributed by atoms with Crippen LogP contribution in [0, 0.1) is 6.92 Å². The predicted octanol–water partition coefficient (Wildman–Crippen LogP) is 3.14. The highest BCUT2D eigenvalue weighted by Crippen LogP contribution is 2.37. The zero-order valence-corrected chi connectivity index (χ0v) is 23.3. The highest BCUT2D eigenvalue weighted by molar-refractivity contribution is 7.91. The van der Waals surface area contributed by atoms with Crippen LogP contribution in [0.4, 0.5) is 0 Å². The molecule has 2 atom stereocenters. The molecule has 39 heavy (non-hydrogen) atoms. The van der Waals surface area contributed by atoms with E-state index in [1.807, 2.05) is 13.0 Å². The van der Waals surface area contributed by atoms with Gasteiger partial charge in [0.2, 0.25) is 0 Å². The number of aryl methyl sites for hydroxylation is 1. The van der Waals surface area contributed by atoms with Crippen molar-refractivity contribution < 1.29 is 27.4 Å². The monoisotopic (exact) mass is 554 g/mol. The first kappa shape index (κ1) is 27.9. The van der Waals surface area contributed by atoms with Crippen molar-refractivity contribution >= 4 is 9.84 Å². The number of hydrogen-bond donors (Lipinski definition) is 0. The van der Waals surface area contributed by atoms with Gasteiger partial charge in [-0.05, 0) is 37.6 Å². The highest BCUT2D eigenvalue weighted by Gasteiger charge is 2.35. The molecule has 0 spiro atoms. The number of rotatable bonds is 11. The van der Waals surface area contributed by atoms with Gasteiger partial charge in [-0.25, -0.2) is 18.4 Å². The zero-order chi connectivity index (χ0) is 28.2. The van der Waals surface area contributed by atoms with E-state index in [-0.39, 0.29) is 11.6 Å². The van der Waals surface area contributed by atoms with E-state index in [9.17, 15) is 8.42 Å². The molecule has 4 aromatic rings. The highest BCUT2D eigenvalue weighted by atomic mass is 32.2. The Kier molecular flexibility index (Phi) is 8.41. The number of sulfone groups is 1. The van der Waals surface area contributed by atoms with Gasteiger partial charge < -0.3 is 18.9 Å². The van der Waals surface area contributed by atoms with Crippen LogP contribution in [0.1, 0.15) is 30.2 Å². The average molecular weight is 555 g/mol. The molecule has 3 heterocycles. The second-order valence-corrected chi connectivity index (χ2v) is 11.0. The minimum Gasteiger partial charge on any atom is -0.494 e. The van der Waals surface area contributed by atoms with E-state index in [4.69, 9.17) is 18.9 Å². The number of nitrogens with zero attached hydrogens (tertiary/aromatic N) is 6. The molecular weight excluding hydrogens is 524 g/mol. The smallest absolute Gasteiger partial charge is 0.170 e. The maximum Gasteiger partial charge on any atom is 0.170 e. The molecule has 0 aliphatic heterocycles. The molecule has 0 fully saturated rings. The minimum atomic E-state index is -3.89. The number of hydrogen-bond acceptors (Lipinski definition) is 11. The first-order valence-electron chi connectivity index (χ1n) is 11.9. The molecule has 0 aliphatic carbocycles. The van der Waals surface area contributed by atoms with E-state index in [1.165, 1.54) is 40.8 Å². The van der Waals surface area contributed by atoms with Gasteiger partial charge in [-0.1, -0.05) is 6.07 Å². The second kappa shape index (κ2) is 11.7. The number of aromatic nitrogens is 6. The summed E-state index contributed by atoms with van der Waals surface area (Å²) in [6, 6.07) is 7.16. The van der Waals surface area contributed by atoms with Gasteiger partial charge in [-0.15, -0.1) is 10.2 Å². The summed E-state index contributed by atoms with van der Waals surface area (Å²) in [6.45, 7) is 3.45. The predicted molar refractivity (Wildman–Crippen MR) is 143 cm³/mol. The van der Waals surface area contributed by atoms with Crippen LogP contribution in [0.5, 0.6) is 17.2 Å². The molecule has 3 aromatic heterocycles. The van der Waals surface area contributed by atoms with Crippen LogP contribution in [0.2, 0.25) is 0 Å². The summed E-state index contributed by atoms with van der Waals surface area (Å²) in [5, 5.41) is 7.65. The fraction of sp³-hybridized carbons (Fsp3) is 0.346. The van der Waals surface area contributed by atoms with Crippen LogP contribution in [-0.2, 0) is 20.3 Å². The van der Waals surface area contributed by atoms with E-state index in [0.717, 1.165) is 5.56 Å². The van der Waals surface area contributed by atoms with Crippen LogP contribution in [0.3, 0.4) is 0 Å². The zero-order valence-electron chi connectivity index (χ0n) is 22.5. The molecule has 206 valence electrons. The molecule has 0 N–H and O–H groups in total. The lowest BCUT2D eigenvalue weighted by molar-refractivity contribution is 0.0946. The number of ether oxygens (including phenoxy) is 4. The lowest BCUT2D eigenvalue weighted by Gasteiger charge is -2.22. The number of para-hydroxylation sites is 1. The normalized spacial score (nSPS) is 13.1. The van der Waals surface area contributed by atoms with Crippen molar-refractivity contribution in [1.29, 1.82) is 0 Å². The standard InChI is InChI=1S/C26H30N6O6S/c1-16-10-18(12-27-11-16)26-31-30-22(32(26)23-20(36-4)8-7-9-21(23)37-5)15-39(33,34)17(2)24(38-6)25-28-13-19(35-3)14-29-25/h7-14,17,24H,15H2,1-6H3/t17-,24+/m1/s1. The topological polar surface area (TPSA) is 140 Å². The van der Waals surface area contributed by atoms with Crippen LogP contribution in [0.15, 0.2) is 49.1 Å². The molecule has 0 bridgehead atoms. The van der Waals surface area contributed by atoms with Crippen molar-refractivity contribution in [3.63, 3.8) is 0 Å². The Morgan fingerprint density at radius 1 is 0.923 bits per heavy atom. The number of benzene rings is 1. The Hall–Kier alpha value is -4.10. The van der Waals surface area contributed by atoms with Gasteiger partial charge in [0.25, 0.3) is 0 Å². The van der Waals surface area contributed by atoms with Gasteiger partial charge in [-0.2, -0.15) is 0 Å². The Labute approximate surface area is 226 Å². The molecule has 13 heteroatoms. The fourth-order valence-electron chi connectivity index (χ4n) is 4.15. The summed E-state index contributed by atoms with van der Waals surface area (Å²) in [5.74, 6) is 1.64. The van der Waals surface area contributed by atoms with E-state index in [1.54, 1.807) is 42.1 Å². The first-order valence-corrected chi connectivity index (χ1v) is 13.6. The van der Waals surface area contributed by atoms with E-state index < -0.39 is 26.9 Å². The number of methoxy groups -OCH3 is 4. The van der Waals surface area contributed by atoms with E-state index in [2.05, 4.69) is 25.1 Å². The van der Waals surface area contributed by atoms with E-state index in [0.29, 0.717) is 34.3 Å². The summed E-state index contributed by atoms with van der Waals surface area (Å²) < 4.78 is 51.1. The van der Waals surface area contributed by atoms with Crippen molar-refractivity contribution in [3.8, 4) is 34.3 Å². The largest absolute Gasteiger partial charge is 0.494 e. The van der Waals surface area contributed by atoms with Gasteiger partial charge in [0.1, 0.15) is 29.0 Å². The fourth-order valence-corrected chi connectivity index (χ4v) is 5.57. The molecular formula is C26H30N6O6S. The molecule has 4 rings (SSSR count). The van der Waals surface area contributed by atoms with E-state index >= 15 is 0 Å². The van der Waals surface area contributed by atoms with Gasteiger partial charge in [0.15, 0.2) is 33.1 Å². The average Bonchev–Trinajstić information content (AvgIpc) is 3.35. The van der Waals surface area contributed by atoms with Gasteiger partial charge in [-0.3, -0.25) is 9.55 Å². The third-order valence-corrected chi connectivity index (χ3v) is 8.24. The Morgan fingerprint density at radius 2 is 1.59 bits per heavy atom. The van der Waals surface area contributed by atoms with Crippen molar-refractivity contribution in [2.45, 2.75) is 31.0 Å². The molecule has 0 saturated heterocycles. The van der Waals surface area contributed by atoms with Crippen molar-refractivity contribution in [2.75, 3.05) is 28.4 Å². The molecule has 1 aromatic carbocycles. The SMILES string of the molecule is COc1cnc([C@@H](OC)[C@@H](C)S(=O)(=O)Cc2nnc(-c3cncc(C)c3)n2-c2c(OC)cccc2OC)nc1. The van der Waals surface area contributed by atoms with Gasteiger partial charge in [0, 0.05) is 25.1 Å². The Bertz CT molecular complexity index is 1520. The van der Waals surface area contributed by atoms with Crippen LogP contribution >= 0.6 is 0 Å². The molecule has 0 amide bonds. The van der Waals surface area contributed by atoms with Crippen molar-refractivity contribution in [1.82, 2.24) is 29.7 Å². The maximum absolute atomic E-state index is 13.8. The summed E-state index contributed by atoms with van der Waals surface area (Å²) in [7, 11) is 2.06. The molecule has 0 aliphatic rings. The van der Waals surface area contributed by atoms with Crippen molar-refractivity contribution in [2.24, 2.45) is 0 Å². The quantitative estimate of drug-likeness (QED) is 0.270. The lowest BCUT2D eigenvalue weighted by atomic mass is 10.2. The lowest BCUT2D eigenvalue weighted by Crippen LogP contribution is -2.30. The molecule has 0 unspecified atom stereocenters. The summed E-state index contributed by atoms with van der Waals surface area (Å²) in [6.07, 6.45) is 5.34. The van der Waals surface area contributed by atoms with Crippen LogP contribution < -0.4 is 14.2 Å². The summed E-state index contributed by atoms with van der Waals surface area (Å²) in [4.78, 5) is 12.7. The number of pyridine rings is 1. The minimum absolute atomic E-state index is 0.159. The second-order valence-electron chi connectivity index (χ2n) is 8.69. The Morgan fingerprint density at radius 3 is 2.15 bits per heavy atom. The maximum atomic E-state index is 13.8. The third kappa shape index (κ3) is 5.68. The summed E-state index contributed by atoms with van der Waals surface area (Å²) >= 11 is 0. The third-order valence-electron chi connectivity index (χ3n) is 6.20. The molecule has 0 radical (unpaired) electrons. The first-order chi connectivity index (χ1) is 18.7. The summed E-state index contributed by atoms with van der Waals surface area (Å²) in [5.41, 5.74) is 2.01. The van der Waals surface area contributed by atoms with Gasteiger partial charge >= 0.3 is 0 Å². The molecule has 12 nitrogen and oxygen atoms in total. The van der Waals surface area contributed by atoms with Crippen LogP contribution in [0.25, 0.3) is 17.1 Å². The van der Waals surface area contributed by atoms with Crippen LogP contribution in [-0.4, -0.2) is 71.8 Å². The molecule has 0 saturated carbocycles. The Balaban J connectivity index is 1.82. The van der Waals surface area contributed by atoms with Crippen molar-refractivity contribution in [3.05, 3.63) is 66.3 Å². The van der Waals surface area contributed by atoms with Gasteiger partial charge in [0.05, 0.1) is 39.0 Å².